The highest BCUT2D eigenvalue weighted by atomic mass is 16.5. The van der Waals surface area contributed by atoms with E-state index >= 15 is 0 Å². The van der Waals surface area contributed by atoms with Crippen molar-refractivity contribution in [1.29, 1.82) is 0 Å². The maximum Gasteiger partial charge on any atom is 0.327 e. The Bertz CT molecular complexity index is 876. The zero-order chi connectivity index (χ0) is 19.1. The van der Waals surface area contributed by atoms with Gasteiger partial charge in [-0.05, 0) is 37.6 Å². The summed E-state index contributed by atoms with van der Waals surface area (Å²) in [5.41, 5.74) is 1.71. The van der Waals surface area contributed by atoms with Gasteiger partial charge >= 0.3 is 6.03 Å². The van der Waals surface area contributed by atoms with E-state index in [2.05, 4.69) is 39.2 Å². The number of anilines is 4. The number of aromatic nitrogens is 2. The minimum Gasteiger partial charge on any atom is -0.377 e. The molecule has 0 radical (unpaired) electrons. The summed E-state index contributed by atoms with van der Waals surface area (Å²) in [6.07, 6.45) is 4.29. The van der Waals surface area contributed by atoms with Crippen molar-refractivity contribution in [2.45, 2.75) is 25.4 Å². The number of rotatable bonds is 2. The molecule has 2 saturated heterocycles. The molecule has 0 aromatic carbocycles. The van der Waals surface area contributed by atoms with Gasteiger partial charge in [0.25, 0.3) is 0 Å². The molecule has 2 aromatic rings. The van der Waals surface area contributed by atoms with E-state index in [-0.39, 0.29) is 18.1 Å². The topological polar surface area (TPSA) is 73.8 Å². The Morgan fingerprint density at radius 2 is 2.21 bits per heavy atom. The lowest BCUT2D eigenvalue weighted by Crippen LogP contribution is -2.49. The largest absolute Gasteiger partial charge is 0.377 e. The molecule has 2 aromatic heterocycles. The maximum absolute atomic E-state index is 13.2. The summed E-state index contributed by atoms with van der Waals surface area (Å²) in [4.78, 5) is 28.6. The Hall–Kier alpha value is -2.87. The lowest BCUT2D eigenvalue weighted by Gasteiger charge is -2.38. The van der Waals surface area contributed by atoms with Crippen molar-refractivity contribution in [3.8, 4) is 0 Å². The maximum atomic E-state index is 13.2. The van der Waals surface area contributed by atoms with Gasteiger partial charge in [0, 0.05) is 25.8 Å². The zero-order valence-corrected chi connectivity index (χ0v) is 15.9. The average molecular weight is 380 g/mol. The SMILES string of the molecule is CC1COCCN1c1ccc2c(n1)N(C(=O)Nc1cccnc1)[C@H]1CCN2C1. The number of ether oxygens (including phenoxy) is 1. The van der Waals surface area contributed by atoms with Gasteiger partial charge in [0.05, 0.1) is 42.9 Å². The molecule has 3 aliphatic rings. The average Bonchev–Trinajstić information content (AvgIpc) is 3.13. The number of carbonyl (C=O) groups excluding carboxylic acids is 1. The minimum absolute atomic E-state index is 0.133. The second-order valence-electron chi connectivity index (χ2n) is 7.56. The van der Waals surface area contributed by atoms with Gasteiger partial charge in [-0.1, -0.05) is 0 Å². The molecule has 2 amide bonds. The molecule has 1 unspecified atom stereocenters. The smallest absolute Gasteiger partial charge is 0.327 e. The third-order valence-corrected chi connectivity index (χ3v) is 5.73. The molecule has 2 bridgehead atoms. The predicted octanol–water partition coefficient (Wildman–Crippen LogP) is 2.33. The second kappa shape index (κ2) is 6.94. The third-order valence-electron chi connectivity index (χ3n) is 5.73. The Labute approximate surface area is 164 Å². The van der Waals surface area contributed by atoms with Crippen LogP contribution in [0, 0.1) is 0 Å². The monoisotopic (exact) mass is 380 g/mol. The number of carbonyl (C=O) groups is 1. The summed E-state index contributed by atoms with van der Waals surface area (Å²) in [5, 5.41) is 2.98. The highest BCUT2D eigenvalue weighted by Gasteiger charge is 2.40. The van der Waals surface area contributed by atoms with Crippen molar-refractivity contribution in [3.63, 3.8) is 0 Å². The number of urea groups is 1. The first-order valence-corrected chi connectivity index (χ1v) is 9.81. The lowest BCUT2D eigenvalue weighted by molar-refractivity contribution is 0.0985. The number of hydrogen-bond acceptors (Lipinski definition) is 6. The predicted molar refractivity (Wildman–Crippen MR) is 108 cm³/mol. The number of morpholine rings is 1. The van der Waals surface area contributed by atoms with Crippen molar-refractivity contribution in [2.24, 2.45) is 0 Å². The first-order chi connectivity index (χ1) is 13.7. The second-order valence-corrected chi connectivity index (χ2v) is 7.56. The molecule has 5 rings (SSSR count). The van der Waals surface area contributed by atoms with Crippen LogP contribution in [0.15, 0.2) is 36.7 Å². The molecule has 3 aliphatic heterocycles. The van der Waals surface area contributed by atoms with Gasteiger partial charge < -0.3 is 19.9 Å². The van der Waals surface area contributed by atoms with Gasteiger partial charge in [0.2, 0.25) is 0 Å². The highest BCUT2D eigenvalue weighted by molar-refractivity contribution is 6.04. The van der Waals surface area contributed by atoms with Crippen LogP contribution in [0.2, 0.25) is 0 Å². The van der Waals surface area contributed by atoms with Crippen molar-refractivity contribution in [2.75, 3.05) is 52.9 Å². The van der Waals surface area contributed by atoms with Gasteiger partial charge in [-0.2, -0.15) is 0 Å². The first-order valence-electron chi connectivity index (χ1n) is 9.81. The summed E-state index contributed by atoms with van der Waals surface area (Å²) in [6.45, 7) is 6.13. The molecule has 1 N–H and O–H groups in total. The quantitative estimate of drug-likeness (QED) is 0.862. The van der Waals surface area contributed by atoms with Gasteiger partial charge in [-0.3, -0.25) is 9.88 Å². The molecule has 8 nitrogen and oxygen atoms in total. The fourth-order valence-corrected chi connectivity index (χ4v) is 4.31. The van der Waals surface area contributed by atoms with Gasteiger partial charge in [0.15, 0.2) is 5.82 Å². The van der Waals surface area contributed by atoms with E-state index in [1.807, 2.05) is 17.0 Å². The number of amides is 2. The molecule has 2 fully saturated rings. The van der Waals surface area contributed by atoms with E-state index < -0.39 is 0 Å². The van der Waals surface area contributed by atoms with Crippen LogP contribution in [0.25, 0.3) is 0 Å². The summed E-state index contributed by atoms with van der Waals surface area (Å²) in [7, 11) is 0. The van der Waals surface area contributed by atoms with Crippen LogP contribution in [0.4, 0.5) is 27.8 Å². The van der Waals surface area contributed by atoms with Crippen molar-refractivity contribution in [1.82, 2.24) is 9.97 Å². The molecule has 2 atom stereocenters. The third kappa shape index (κ3) is 2.93. The van der Waals surface area contributed by atoms with Crippen molar-refractivity contribution < 1.29 is 9.53 Å². The number of hydrogen-bond donors (Lipinski definition) is 1. The normalized spacial score (nSPS) is 23.5. The molecule has 146 valence electrons. The minimum atomic E-state index is -0.152. The van der Waals surface area contributed by atoms with E-state index in [9.17, 15) is 4.79 Å². The van der Waals surface area contributed by atoms with Crippen molar-refractivity contribution >= 4 is 29.0 Å². The fourth-order valence-electron chi connectivity index (χ4n) is 4.31. The number of nitrogens with zero attached hydrogens (tertiary/aromatic N) is 5. The molecular weight excluding hydrogens is 356 g/mol. The molecular formula is C20H24N6O2. The van der Waals surface area contributed by atoms with Gasteiger partial charge in [0.1, 0.15) is 5.82 Å². The summed E-state index contributed by atoms with van der Waals surface area (Å²) < 4.78 is 5.56. The van der Waals surface area contributed by atoms with Crippen LogP contribution >= 0.6 is 0 Å². The molecule has 5 heterocycles. The van der Waals surface area contributed by atoms with E-state index in [0.717, 1.165) is 43.4 Å². The van der Waals surface area contributed by atoms with Crippen LogP contribution in [0.5, 0.6) is 0 Å². The zero-order valence-electron chi connectivity index (χ0n) is 15.9. The van der Waals surface area contributed by atoms with E-state index in [1.165, 1.54) is 0 Å². The first kappa shape index (κ1) is 17.2. The van der Waals surface area contributed by atoms with Gasteiger partial charge in [-0.15, -0.1) is 0 Å². The number of nitrogens with one attached hydrogen (secondary N) is 1. The summed E-state index contributed by atoms with van der Waals surface area (Å²) in [5.74, 6) is 1.64. The number of fused-ring (bicyclic) bond motifs is 4. The van der Waals surface area contributed by atoms with Crippen LogP contribution in [0.1, 0.15) is 13.3 Å². The summed E-state index contributed by atoms with van der Waals surface area (Å²) in [6, 6.07) is 8.07. The molecule has 8 heteroatoms. The Kier molecular flexibility index (Phi) is 4.27. The molecule has 0 aliphatic carbocycles. The fraction of sp³-hybridized carbons (Fsp3) is 0.450. The van der Waals surface area contributed by atoms with Crippen LogP contribution in [0.3, 0.4) is 0 Å². The van der Waals surface area contributed by atoms with E-state index in [0.29, 0.717) is 18.9 Å². The van der Waals surface area contributed by atoms with E-state index in [4.69, 9.17) is 9.72 Å². The highest BCUT2D eigenvalue weighted by Crippen LogP contribution is 2.40. The molecule has 0 saturated carbocycles. The lowest BCUT2D eigenvalue weighted by atomic mass is 10.1. The van der Waals surface area contributed by atoms with Crippen LogP contribution < -0.4 is 20.0 Å². The molecule has 0 spiro atoms. The Morgan fingerprint density at radius 1 is 1.29 bits per heavy atom. The summed E-state index contributed by atoms with van der Waals surface area (Å²) >= 11 is 0. The van der Waals surface area contributed by atoms with Crippen molar-refractivity contribution in [3.05, 3.63) is 36.7 Å². The Balaban J connectivity index is 1.49. The Morgan fingerprint density at radius 3 is 3.04 bits per heavy atom. The number of pyridine rings is 2. The van der Waals surface area contributed by atoms with Crippen LogP contribution in [-0.4, -0.2) is 60.9 Å². The van der Waals surface area contributed by atoms with Crippen LogP contribution in [-0.2, 0) is 4.74 Å². The van der Waals surface area contributed by atoms with E-state index in [1.54, 1.807) is 12.4 Å². The molecule has 28 heavy (non-hydrogen) atoms. The standard InChI is InChI=1S/C20H24N6O2/c1-14-13-28-10-9-25(14)18-5-4-17-19(23-18)26(16-6-8-24(17)12-16)20(27)22-15-3-2-7-21-11-15/h2-5,7,11,14,16H,6,8-10,12-13H2,1H3,(H,22,27)/t14?,16-/m0/s1. The van der Waals surface area contributed by atoms with Gasteiger partial charge in [-0.25, -0.2) is 9.78 Å².